The summed E-state index contributed by atoms with van der Waals surface area (Å²) in [6, 6.07) is 5.23. The second-order valence-electron chi connectivity index (χ2n) is 11.3. The Balaban J connectivity index is 1.93. The molecule has 2 heterocycles. The Labute approximate surface area is 214 Å². The Morgan fingerprint density at radius 3 is 2.64 bits per heavy atom. The summed E-state index contributed by atoms with van der Waals surface area (Å²) < 4.78 is 12.0. The van der Waals surface area contributed by atoms with Crippen molar-refractivity contribution in [3.05, 3.63) is 23.8 Å². The van der Waals surface area contributed by atoms with Crippen molar-refractivity contribution in [2.75, 3.05) is 38.5 Å². The van der Waals surface area contributed by atoms with E-state index in [0.717, 1.165) is 19.4 Å². The lowest BCUT2D eigenvalue weighted by Gasteiger charge is -2.38. The summed E-state index contributed by atoms with van der Waals surface area (Å²) in [6.07, 6.45) is 0.892. The molecule has 2 aliphatic heterocycles. The van der Waals surface area contributed by atoms with Crippen LogP contribution in [-0.4, -0.2) is 78.7 Å². The van der Waals surface area contributed by atoms with Gasteiger partial charge in [-0.05, 0) is 66.1 Å². The van der Waals surface area contributed by atoms with Crippen LogP contribution in [0.4, 0.5) is 10.5 Å². The number of anilines is 1. The molecular weight excluding hydrogens is 460 g/mol. The molecule has 0 spiro atoms. The van der Waals surface area contributed by atoms with Gasteiger partial charge in [0.25, 0.3) is 5.91 Å². The van der Waals surface area contributed by atoms with Crippen LogP contribution in [0.25, 0.3) is 0 Å². The average Bonchev–Trinajstić information content (AvgIpc) is 2.80. The minimum Gasteiger partial charge on any atom is -0.485 e. The zero-order chi connectivity index (χ0) is 26.6. The standard InChI is InChI=1S/C27H42N4O5/c1-17(2)31-15-18(3)22(16-30(7)26(34)36-27(4,5)6)35-23-20(25(31)33)11-8-12-21(23)29-24(32)19-10-9-13-28-14-19/h8,11-12,17-19,22,28H,9-10,13-16H2,1-7H3,(H,29,32). The molecule has 3 amide bonds. The summed E-state index contributed by atoms with van der Waals surface area (Å²) in [4.78, 5) is 42.6. The van der Waals surface area contributed by atoms with E-state index in [4.69, 9.17) is 9.47 Å². The maximum atomic E-state index is 13.5. The van der Waals surface area contributed by atoms with Crippen LogP contribution in [-0.2, 0) is 9.53 Å². The summed E-state index contributed by atoms with van der Waals surface area (Å²) in [6.45, 7) is 13.7. The quantitative estimate of drug-likeness (QED) is 0.636. The molecule has 0 saturated carbocycles. The lowest BCUT2D eigenvalue weighted by molar-refractivity contribution is -0.120. The molecule has 0 aliphatic carbocycles. The number of carbonyl (C=O) groups is 3. The average molecular weight is 503 g/mol. The first kappa shape index (κ1) is 27.8. The van der Waals surface area contributed by atoms with Crippen LogP contribution in [0.3, 0.4) is 0 Å². The molecule has 3 atom stereocenters. The van der Waals surface area contributed by atoms with Gasteiger partial charge in [-0.3, -0.25) is 9.59 Å². The fourth-order valence-corrected chi connectivity index (χ4v) is 4.52. The second kappa shape index (κ2) is 11.5. The fourth-order valence-electron chi connectivity index (χ4n) is 4.52. The maximum Gasteiger partial charge on any atom is 0.410 e. The summed E-state index contributed by atoms with van der Waals surface area (Å²) in [5.41, 5.74) is 0.261. The van der Waals surface area contributed by atoms with Gasteiger partial charge in [-0.25, -0.2) is 4.79 Å². The van der Waals surface area contributed by atoms with Crippen LogP contribution in [0.1, 0.15) is 64.7 Å². The zero-order valence-electron chi connectivity index (χ0n) is 22.7. The Kier molecular flexibility index (Phi) is 8.87. The van der Waals surface area contributed by atoms with E-state index in [1.165, 1.54) is 4.90 Å². The van der Waals surface area contributed by atoms with Crippen LogP contribution < -0.4 is 15.4 Å². The molecule has 1 fully saturated rings. The first-order chi connectivity index (χ1) is 16.9. The molecule has 1 aromatic rings. The molecule has 1 aromatic carbocycles. The normalized spacial score (nSPS) is 22.7. The number of hydrogen-bond donors (Lipinski definition) is 2. The zero-order valence-corrected chi connectivity index (χ0v) is 22.7. The number of para-hydroxylation sites is 1. The minimum atomic E-state index is -0.613. The van der Waals surface area contributed by atoms with E-state index < -0.39 is 17.8 Å². The number of hydrogen-bond acceptors (Lipinski definition) is 6. The number of rotatable bonds is 5. The SMILES string of the molecule is CC1CN(C(C)C)C(=O)c2cccc(NC(=O)C3CCCNC3)c2OC1CN(C)C(=O)OC(C)(C)C. The van der Waals surface area contributed by atoms with Gasteiger partial charge in [0.2, 0.25) is 5.91 Å². The third kappa shape index (κ3) is 6.90. The highest BCUT2D eigenvalue weighted by molar-refractivity contribution is 6.02. The summed E-state index contributed by atoms with van der Waals surface area (Å²) >= 11 is 0. The number of ether oxygens (including phenoxy) is 2. The molecule has 2 N–H and O–H groups in total. The number of likely N-dealkylation sites (N-methyl/N-ethyl adjacent to an activating group) is 1. The Morgan fingerprint density at radius 2 is 2.03 bits per heavy atom. The number of carbonyl (C=O) groups excluding carboxylic acids is 3. The van der Waals surface area contributed by atoms with Crippen LogP contribution in [0.5, 0.6) is 5.75 Å². The molecule has 9 heteroatoms. The first-order valence-corrected chi connectivity index (χ1v) is 12.9. The summed E-state index contributed by atoms with van der Waals surface area (Å²) in [5, 5.41) is 6.28. The van der Waals surface area contributed by atoms with Gasteiger partial charge >= 0.3 is 6.09 Å². The third-order valence-electron chi connectivity index (χ3n) is 6.60. The van der Waals surface area contributed by atoms with Gasteiger partial charge in [0, 0.05) is 32.1 Å². The molecule has 0 bridgehead atoms. The maximum absolute atomic E-state index is 13.5. The molecule has 0 aromatic heterocycles. The number of amides is 3. The lowest BCUT2D eigenvalue weighted by atomic mass is 9.98. The minimum absolute atomic E-state index is 0.0262. The number of benzene rings is 1. The molecular formula is C27H42N4O5. The van der Waals surface area contributed by atoms with E-state index in [-0.39, 0.29) is 36.2 Å². The molecule has 36 heavy (non-hydrogen) atoms. The number of fused-ring (bicyclic) bond motifs is 1. The van der Waals surface area contributed by atoms with Crippen LogP contribution in [0.2, 0.25) is 0 Å². The smallest absolute Gasteiger partial charge is 0.410 e. The van der Waals surface area contributed by atoms with Crippen molar-refractivity contribution in [2.45, 2.75) is 72.1 Å². The van der Waals surface area contributed by atoms with Crippen molar-refractivity contribution in [3.63, 3.8) is 0 Å². The van der Waals surface area contributed by atoms with Crippen molar-refractivity contribution in [1.29, 1.82) is 0 Å². The van der Waals surface area contributed by atoms with Gasteiger partial charge in [0.1, 0.15) is 11.7 Å². The van der Waals surface area contributed by atoms with Crippen molar-refractivity contribution < 1.29 is 23.9 Å². The van der Waals surface area contributed by atoms with Gasteiger partial charge in [-0.15, -0.1) is 0 Å². The molecule has 3 unspecified atom stereocenters. The highest BCUT2D eigenvalue weighted by Crippen LogP contribution is 2.35. The molecule has 1 saturated heterocycles. The number of nitrogens with zero attached hydrogens (tertiary/aromatic N) is 2. The van der Waals surface area contributed by atoms with E-state index in [2.05, 4.69) is 10.6 Å². The van der Waals surface area contributed by atoms with E-state index in [1.807, 2.05) is 46.4 Å². The largest absolute Gasteiger partial charge is 0.485 e. The molecule has 2 aliphatic rings. The summed E-state index contributed by atoms with van der Waals surface area (Å²) in [7, 11) is 1.68. The van der Waals surface area contributed by atoms with Gasteiger partial charge in [0.15, 0.2) is 5.75 Å². The van der Waals surface area contributed by atoms with Crippen LogP contribution in [0.15, 0.2) is 18.2 Å². The van der Waals surface area contributed by atoms with Gasteiger partial charge in [-0.2, -0.15) is 0 Å². The van der Waals surface area contributed by atoms with Gasteiger partial charge < -0.3 is 29.9 Å². The third-order valence-corrected chi connectivity index (χ3v) is 6.60. The molecule has 9 nitrogen and oxygen atoms in total. The van der Waals surface area contributed by atoms with Gasteiger partial charge in [0.05, 0.1) is 23.7 Å². The van der Waals surface area contributed by atoms with Crippen molar-refractivity contribution >= 4 is 23.6 Å². The predicted molar refractivity (Wildman–Crippen MR) is 139 cm³/mol. The predicted octanol–water partition coefficient (Wildman–Crippen LogP) is 3.74. The molecule has 0 radical (unpaired) electrons. The van der Waals surface area contributed by atoms with E-state index in [1.54, 1.807) is 25.2 Å². The van der Waals surface area contributed by atoms with E-state index >= 15 is 0 Å². The van der Waals surface area contributed by atoms with Crippen LogP contribution in [0, 0.1) is 11.8 Å². The number of nitrogens with one attached hydrogen (secondary N) is 2. The highest BCUT2D eigenvalue weighted by Gasteiger charge is 2.35. The monoisotopic (exact) mass is 502 g/mol. The first-order valence-electron chi connectivity index (χ1n) is 12.9. The molecule has 200 valence electrons. The van der Waals surface area contributed by atoms with E-state index in [0.29, 0.717) is 30.1 Å². The van der Waals surface area contributed by atoms with Crippen molar-refractivity contribution in [3.8, 4) is 5.75 Å². The Morgan fingerprint density at radius 1 is 1.31 bits per heavy atom. The van der Waals surface area contributed by atoms with Gasteiger partial charge in [-0.1, -0.05) is 13.0 Å². The van der Waals surface area contributed by atoms with Crippen molar-refractivity contribution in [1.82, 2.24) is 15.1 Å². The molecule has 3 rings (SSSR count). The lowest BCUT2D eigenvalue weighted by Crippen LogP contribution is -2.49. The Hall–Kier alpha value is -2.81. The Bertz CT molecular complexity index is 952. The second-order valence-corrected chi connectivity index (χ2v) is 11.3. The highest BCUT2D eigenvalue weighted by atomic mass is 16.6. The van der Waals surface area contributed by atoms with Crippen molar-refractivity contribution in [2.24, 2.45) is 11.8 Å². The fraction of sp³-hybridized carbons (Fsp3) is 0.667. The number of piperidine rings is 1. The summed E-state index contributed by atoms with van der Waals surface area (Å²) in [5.74, 6) is -0.106. The topological polar surface area (TPSA) is 100 Å². The van der Waals surface area contributed by atoms with Crippen LogP contribution >= 0.6 is 0 Å². The van der Waals surface area contributed by atoms with E-state index in [9.17, 15) is 14.4 Å².